The molecule has 4 nitrogen and oxygen atoms in total. The predicted octanol–water partition coefficient (Wildman–Crippen LogP) is 5.18. The summed E-state index contributed by atoms with van der Waals surface area (Å²) in [6.45, 7) is 0.448. The molecular formula is C26H19F2N3O. The van der Waals surface area contributed by atoms with E-state index in [1.165, 1.54) is 12.1 Å². The van der Waals surface area contributed by atoms with Gasteiger partial charge in [-0.05, 0) is 30.3 Å². The highest BCUT2D eigenvalue weighted by atomic mass is 19.1. The molecular weight excluding hydrogens is 408 g/mol. The number of nitrogens with zero attached hydrogens (tertiary/aromatic N) is 3. The predicted molar refractivity (Wildman–Crippen MR) is 119 cm³/mol. The van der Waals surface area contributed by atoms with Crippen molar-refractivity contribution in [3.8, 4) is 11.8 Å². The molecule has 0 radical (unpaired) electrons. The molecule has 0 amide bonds. The van der Waals surface area contributed by atoms with Crippen LogP contribution in [0.5, 0.6) is 0 Å². The second-order valence-corrected chi connectivity index (χ2v) is 6.95. The summed E-state index contributed by atoms with van der Waals surface area (Å²) < 4.78 is 29.4. The fourth-order valence-corrected chi connectivity index (χ4v) is 2.97. The highest BCUT2D eigenvalue weighted by molar-refractivity contribution is 6.00. The Morgan fingerprint density at radius 2 is 1.66 bits per heavy atom. The molecule has 3 aromatic carbocycles. The van der Waals surface area contributed by atoms with Gasteiger partial charge >= 0.3 is 0 Å². The lowest BCUT2D eigenvalue weighted by Gasteiger charge is -2.09. The molecule has 0 aliphatic rings. The van der Waals surface area contributed by atoms with E-state index in [0.29, 0.717) is 23.4 Å². The largest absolute Gasteiger partial charge is 0.391 e. The Bertz CT molecular complexity index is 1270. The first-order chi connectivity index (χ1) is 15.7. The highest BCUT2D eigenvalue weighted by Crippen LogP contribution is 2.11. The van der Waals surface area contributed by atoms with Crippen molar-refractivity contribution in [1.82, 2.24) is 9.55 Å². The van der Waals surface area contributed by atoms with Gasteiger partial charge in [-0.1, -0.05) is 59.5 Å². The van der Waals surface area contributed by atoms with Crippen molar-refractivity contribution in [3.63, 3.8) is 0 Å². The van der Waals surface area contributed by atoms with Gasteiger partial charge in [0.2, 0.25) is 0 Å². The molecule has 0 bridgehead atoms. The molecule has 0 aliphatic carbocycles. The molecule has 0 atom stereocenters. The van der Waals surface area contributed by atoms with Crippen LogP contribution in [0, 0.1) is 23.5 Å². The zero-order chi connectivity index (χ0) is 22.2. The van der Waals surface area contributed by atoms with E-state index < -0.39 is 0 Å². The first-order valence-corrected chi connectivity index (χ1v) is 9.94. The Morgan fingerprint density at radius 1 is 0.906 bits per heavy atom. The molecule has 4 aromatic rings. The Morgan fingerprint density at radius 3 is 2.38 bits per heavy atom. The van der Waals surface area contributed by atoms with Gasteiger partial charge in [0.25, 0.3) is 0 Å². The lowest BCUT2D eigenvalue weighted by molar-refractivity contribution is 0.127. The molecule has 4 rings (SSSR count). The number of hydrogen-bond donors (Lipinski definition) is 0. The van der Waals surface area contributed by atoms with Crippen LogP contribution in [-0.4, -0.2) is 15.3 Å². The maximum atomic E-state index is 13.8. The number of imidazole rings is 1. The average Bonchev–Trinajstić information content (AvgIpc) is 3.33. The highest BCUT2D eigenvalue weighted by Gasteiger charge is 2.07. The van der Waals surface area contributed by atoms with Crippen LogP contribution in [0.3, 0.4) is 0 Å². The zero-order valence-electron chi connectivity index (χ0n) is 17.1. The minimum absolute atomic E-state index is 0.0201. The van der Waals surface area contributed by atoms with Crippen LogP contribution in [0.2, 0.25) is 0 Å². The van der Waals surface area contributed by atoms with Crippen molar-refractivity contribution in [3.05, 3.63) is 125 Å². The van der Waals surface area contributed by atoms with Crippen LogP contribution in [0.25, 0.3) is 0 Å². The summed E-state index contributed by atoms with van der Waals surface area (Å²) in [6, 6.07) is 20.2. The van der Waals surface area contributed by atoms with Gasteiger partial charge in [-0.2, -0.15) is 0 Å². The summed E-state index contributed by atoms with van der Waals surface area (Å²) in [4.78, 5) is 9.51. The normalized spacial score (nSPS) is 11.0. The van der Waals surface area contributed by atoms with Gasteiger partial charge in [0.15, 0.2) is 0 Å². The van der Waals surface area contributed by atoms with Crippen molar-refractivity contribution < 1.29 is 13.6 Å². The Kier molecular flexibility index (Phi) is 6.69. The van der Waals surface area contributed by atoms with Crippen molar-refractivity contribution in [1.29, 1.82) is 0 Å². The van der Waals surface area contributed by atoms with Gasteiger partial charge in [-0.25, -0.2) is 13.8 Å². The number of rotatable bonds is 6. The molecule has 0 unspecified atom stereocenters. The number of benzene rings is 3. The van der Waals surface area contributed by atoms with Gasteiger partial charge in [0.1, 0.15) is 24.0 Å². The van der Waals surface area contributed by atoms with E-state index in [9.17, 15) is 8.78 Å². The third kappa shape index (κ3) is 5.46. The van der Waals surface area contributed by atoms with Crippen LogP contribution in [0.1, 0.15) is 22.3 Å². The molecule has 0 aliphatic heterocycles. The molecule has 0 N–H and O–H groups in total. The second kappa shape index (κ2) is 10.2. The lowest BCUT2D eigenvalue weighted by Crippen LogP contribution is -2.11. The SMILES string of the molecule is Fc1ccccc1C#Cc1ccc(/C(Cn2ccnc2)=N/OCc2ccccc2F)cc1. The molecule has 158 valence electrons. The Hall–Kier alpha value is -4.24. The number of hydrogen-bond acceptors (Lipinski definition) is 3. The fraction of sp³-hybridized carbons (Fsp3) is 0.0769. The van der Waals surface area contributed by atoms with Crippen molar-refractivity contribution in [2.45, 2.75) is 13.2 Å². The van der Waals surface area contributed by atoms with E-state index in [-0.39, 0.29) is 18.2 Å². The molecule has 0 fully saturated rings. The molecule has 6 heteroatoms. The first kappa shape index (κ1) is 21.0. The van der Waals surface area contributed by atoms with E-state index in [1.54, 1.807) is 48.9 Å². The number of oxime groups is 1. The number of aromatic nitrogens is 2. The van der Waals surface area contributed by atoms with E-state index in [2.05, 4.69) is 22.0 Å². The number of halogens is 2. The summed E-state index contributed by atoms with van der Waals surface area (Å²) in [5.41, 5.74) is 2.99. The summed E-state index contributed by atoms with van der Waals surface area (Å²) in [7, 11) is 0. The van der Waals surface area contributed by atoms with Crippen molar-refractivity contribution >= 4 is 5.71 Å². The Balaban J connectivity index is 1.53. The van der Waals surface area contributed by atoms with E-state index in [1.807, 2.05) is 35.0 Å². The Labute approximate surface area is 184 Å². The van der Waals surface area contributed by atoms with E-state index in [4.69, 9.17) is 4.84 Å². The standard InChI is InChI=1S/C26H19F2N3O/c27-24-7-3-1-5-21(24)12-9-20-10-13-22(14-11-20)26(17-31-16-15-29-19-31)30-32-18-23-6-2-4-8-25(23)28/h1-8,10-11,13-16,19H,17-18H2/b30-26+. The minimum atomic E-state index is -0.349. The quantitative estimate of drug-likeness (QED) is 0.242. The summed E-state index contributed by atoms with van der Waals surface area (Å²) >= 11 is 0. The summed E-state index contributed by atoms with van der Waals surface area (Å²) in [5.74, 6) is 5.13. The molecule has 0 spiro atoms. The van der Waals surface area contributed by atoms with Crippen LogP contribution >= 0.6 is 0 Å². The monoisotopic (exact) mass is 427 g/mol. The van der Waals surface area contributed by atoms with Gasteiger partial charge in [0.05, 0.1) is 18.4 Å². The topological polar surface area (TPSA) is 39.4 Å². The zero-order valence-corrected chi connectivity index (χ0v) is 17.1. The van der Waals surface area contributed by atoms with Gasteiger partial charge < -0.3 is 9.40 Å². The fourth-order valence-electron chi connectivity index (χ4n) is 2.97. The van der Waals surface area contributed by atoms with Gasteiger partial charge in [0, 0.05) is 29.1 Å². The smallest absolute Gasteiger partial charge is 0.145 e. The van der Waals surface area contributed by atoms with Crippen LogP contribution in [-0.2, 0) is 18.0 Å². The lowest BCUT2D eigenvalue weighted by atomic mass is 10.1. The van der Waals surface area contributed by atoms with Crippen LogP contribution < -0.4 is 0 Å². The van der Waals surface area contributed by atoms with Crippen LogP contribution in [0.15, 0.2) is 96.7 Å². The van der Waals surface area contributed by atoms with Crippen LogP contribution in [0.4, 0.5) is 8.78 Å². The van der Waals surface area contributed by atoms with E-state index in [0.717, 1.165) is 11.1 Å². The van der Waals surface area contributed by atoms with Crippen molar-refractivity contribution in [2.75, 3.05) is 0 Å². The molecule has 32 heavy (non-hydrogen) atoms. The molecule has 0 saturated heterocycles. The third-order valence-electron chi connectivity index (χ3n) is 4.68. The third-order valence-corrected chi connectivity index (χ3v) is 4.68. The molecule has 1 heterocycles. The average molecular weight is 427 g/mol. The van der Waals surface area contributed by atoms with E-state index >= 15 is 0 Å². The van der Waals surface area contributed by atoms with Gasteiger partial charge in [-0.3, -0.25) is 0 Å². The second-order valence-electron chi connectivity index (χ2n) is 6.95. The van der Waals surface area contributed by atoms with Gasteiger partial charge in [-0.15, -0.1) is 0 Å². The first-order valence-electron chi connectivity index (χ1n) is 9.94. The maximum absolute atomic E-state index is 13.8. The molecule has 0 saturated carbocycles. The maximum Gasteiger partial charge on any atom is 0.145 e. The van der Waals surface area contributed by atoms with Crippen molar-refractivity contribution in [2.24, 2.45) is 5.16 Å². The molecule has 1 aromatic heterocycles. The summed E-state index contributed by atoms with van der Waals surface area (Å²) in [5, 5.41) is 4.26. The minimum Gasteiger partial charge on any atom is -0.391 e. The summed E-state index contributed by atoms with van der Waals surface area (Å²) in [6.07, 6.45) is 5.18.